The number of urea groups is 1. The van der Waals surface area contributed by atoms with E-state index in [9.17, 15) is 4.79 Å². The third kappa shape index (κ3) is 3.47. The van der Waals surface area contributed by atoms with Gasteiger partial charge >= 0.3 is 6.03 Å². The molecule has 0 unspecified atom stereocenters. The van der Waals surface area contributed by atoms with E-state index in [0.29, 0.717) is 6.54 Å². The molecule has 2 aromatic heterocycles. The fourth-order valence-corrected chi connectivity index (χ4v) is 4.10. The zero-order valence-corrected chi connectivity index (χ0v) is 14.1. The first-order valence-electron chi connectivity index (χ1n) is 7.26. The van der Waals surface area contributed by atoms with Crippen LogP contribution >= 0.6 is 23.1 Å². The van der Waals surface area contributed by atoms with Crippen molar-refractivity contribution in [3.8, 4) is 10.8 Å². The topological polar surface area (TPSA) is 67.2 Å². The van der Waals surface area contributed by atoms with E-state index in [1.165, 1.54) is 30.6 Å². The van der Waals surface area contributed by atoms with Crippen LogP contribution in [0.5, 0.6) is 0 Å². The molecule has 22 heavy (non-hydrogen) atoms. The lowest BCUT2D eigenvalue weighted by molar-refractivity contribution is 0.236. The number of aromatic nitrogens is 1. The number of thioether (sulfide) groups is 1. The largest absolute Gasteiger partial charge is 0.462 e. The van der Waals surface area contributed by atoms with Crippen LogP contribution in [0, 0.1) is 0 Å². The summed E-state index contributed by atoms with van der Waals surface area (Å²) in [5.41, 5.74) is 0.842. The number of amides is 2. The predicted octanol–water partition coefficient (Wildman–Crippen LogP) is 3.49. The maximum Gasteiger partial charge on any atom is 0.315 e. The Balaban J connectivity index is 1.45. The van der Waals surface area contributed by atoms with Crippen LogP contribution in [-0.2, 0) is 6.54 Å². The first-order chi connectivity index (χ1) is 10.7. The quantitative estimate of drug-likeness (QED) is 0.847. The highest BCUT2D eigenvalue weighted by Gasteiger charge is 2.36. The fraction of sp³-hybridized carbons (Fsp3) is 0.467. The van der Waals surface area contributed by atoms with Gasteiger partial charge in [0.1, 0.15) is 0 Å². The number of hydrogen-bond acceptors (Lipinski definition) is 5. The zero-order valence-electron chi connectivity index (χ0n) is 12.4. The number of furan rings is 1. The van der Waals surface area contributed by atoms with Crippen molar-refractivity contribution in [1.82, 2.24) is 15.6 Å². The summed E-state index contributed by atoms with van der Waals surface area (Å²) >= 11 is 3.37. The van der Waals surface area contributed by atoms with Gasteiger partial charge in [0.25, 0.3) is 0 Å². The van der Waals surface area contributed by atoms with Crippen LogP contribution in [0.2, 0.25) is 0 Å². The van der Waals surface area contributed by atoms with Crippen LogP contribution in [0.1, 0.15) is 25.0 Å². The Hall–Kier alpha value is -1.47. The molecule has 2 aromatic rings. The summed E-state index contributed by atoms with van der Waals surface area (Å²) in [5, 5.41) is 8.59. The molecule has 0 aliphatic heterocycles. The molecule has 0 spiro atoms. The van der Waals surface area contributed by atoms with Gasteiger partial charge in [-0.05, 0) is 31.2 Å². The smallest absolute Gasteiger partial charge is 0.315 e. The standard InChI is InChI=1S/C15H19N3O2S2/c1-21-15(5-3-6-15)10-17-14(19)16-8-11-9-22-13(18-11)12-4-2-7-20-12/h2,4,7,9H,3,5-6,8,10H2,1H3,(H2,16,17,19). The van der Waals surface area contributed by atoms with E-state index < -0.39 is 0 Å². The summed E-state index contributed by atoms with van der Waals surface area (Å²) in [7, 11) is 0. The zero-order chi connectivity index (χ0) is 15.4. The lowest BCUT2D eigenvalue weighted by Crippen LogP contribution is -2.47. The molecular weight excluding hydrogens is 318 g/mol. The van der Waals surface area contributed by atoms with E-state index in [4.69, 9.17) is 4.42 Å². The number of nitrogens with one attached hydrogen (secondary N) is 2. The van der Waals surface area contributed by atoms with E-state index in [1.807, 2.05) is 29.3 Å². The second kappa shape index (κ2) is 6.75. The molecule has 3 rings (SSSR count). The van der Waals surface area contributed by atoms with Crippen LogP contribution in [0.4, 0.5) is 4.79 Å². The monoisotopic (exact) mass is 337 g/mol. The minimum atomic E-state index is -0.132. The predicted molar refractivity (Wildman–Crippen MR) is 90.2 cm³/mol. The molecule has 0 saturated heterocycles. The van der Waals surface area contributed by atoms with Gasteiger partial charge in [0, 0.05) is 16.7 Å². The van der Waals surface area contributed by atoms with E-state index >= 15 is 0 Å². The Morgan fingerprint density at radius 1 is 1.50 bits per heavy atom. The third-order valence-electron chi connectivity index (χ3n) is 3.98. The number of rotatable bonds is 6. The summed E-state index contributed by atoms with van der Waals surface area (Å²) in [6.45, 7) is 1.16. The van der Waals surface area contributed by atoms with Gasteiger partial charge in [0.05, 0.1) is 18.5 Å². The third-order valence-corrected chi connectivity index (χ3v) is 6.31. The van der Waals surface area contributed by atoms with Crippen molar-refractivity contribution in [3.63, 3.8) is 0 Å². The number of nitrogens with zero attached hydrogens (tertiary/aromatic N) is 1. The van der Waals surface area contributed by atoms with Crippen molar-refractivity contribution in [1.29, 1.82) is 0 Å². The average Bonchev–Trinajstić information content (AvgIpc) is 3.15. The molecule has 2 amide bonds. The highest BCUT2D eigenvalue weighted by Crippen LogP contribution is 2.42. The molecule has 5 nitrogen and oxygen atoms in total. The van der Waals surface area contributed by atoms with Crippen molar-refractivity contribution < 1.29 is 9.21 Å². The van der Waals surface area contributed by atoms with Crippen molar-refractivity contribution in [3.05, 3.63) is 29.5 Å². The van der Waals surface area contributed by atoms with Gasteiger partial charge in [-0.1, -0.05) is 6.42 Å². The van der Waals surface area contributed by atoms with Gasteiger partial charge in [-0.2, -0.15) is 11.8 Å². The number of carbonyl (C=O) groups is 1. The minimum absolute atomic E-state index is 0.132. The molecule has 1 fully saturated rings. The maximum absolute atomic E-state index is 11.9. The molecule has 0 radical (unpaired) electrons. The molecule has 118 valence electrons. The first-order valence-corrected chi connectivity index (χ1v) is 9.36. The van der Waals surface area contributed by atoms with E-state index in [1.54, 1.807) is 6.26 Å². The number of hydrogen-bond donors (Lipinski definition) is 2. The molecule has 2 N–H and O–H groups in total. The lowest BCUT2D eigenvalue weighted by atomic mass is 9.84. The Bertz CT molecular complexity index is 615. The highest BCUT2D eigenvalue weighted by atomic mass is 32.2. The molecule has 0 aromatic carbocycles. The van der Waals surface area contributed by atoms with Gasteiger partial charge in [-0.25, -0.2) is 9.78 Å². The van der Waals surface area contributed by atoms with Crippen molar-refractivity contribution in [2.75, 3.05) is 12.8 Å². The second-order valence-electron chi connectivity index (χ2n) is 5.40. The SMILES string of the molecule is CSC1(CNC(=O)NCc2csc(-c3ccco3)n2)CCC1. The molecule has 2 heterocycles. The van der Waals surface area contributed by atoms with Crippen LogP contribution in [0.15, 0.2) is 28.2 Å². The maximum atomic E-state index is 11.9. The Kier molecular flexibility index (Phi) is 4.73. The molecule has 0 bridgehead atoms. The summed E-state index contributed by atoms with van der Waals surface area (Å²) in [6.07, 6.45) is 7.38. The average molecular weight is 337 g/mol. The van der Waals surface area contributed by atoms with Crippen LogP contribution in [-0.4, -0.2) is 28.6 Å². The van der Waals surface area contributed by atoms with Gasteiger partial charge in [-0.15, -0.1) is 11.3 Å². The second-order valence-corrected chi connectivity index (χ2v) is 7.53. The van der Waals surface area contributed by atoms with Crippen molar-refractivity contribution in [2.45, 2.75) is 30.6 Å². The molecule has 1 aliphatic carbocycles. The van der Waals surface area contributed by atoms with E-state index in [-0.39, 0.29) is 10.8 Å². The van der Waals surface area contributed by atoms with Gasteiger partial charge in [-0.3, -0.25) is 0 Å². The van der Waals surface area contributed by atoms with Crippen molar-refractivity contribution in [2.24, 2.45) is 0 Å². The van der Waals surface area contributed by atoms with Crippen LogP contribution < -0.4 is 10.6 Å². The van der Waals surface area contributed by atoms with Gasteiger partial charge in [0.15, 0.2) is 10.8 Å². The molecule has 7 heteroatoms. The Morgan fingerprint density at radius 2 is 2.36 bits per heavy atom. The molecule has 1 aliphatic rings. The van der Waals surface area contributed by atoms with E-state index in [0.717, 1.165) is 23.0 Å². The number of carbonyl (C=O) groups excluding carboxylic acids is 1. The summed E-state index contributed by atoms with van der Waals surface area (Å²) in [5.74, 6) is 0.757. The minimum Gasteiger partial charge on any atom is -0.462 e. The Morgan fingerprint density at radius 3 is 3.00 bits per heavy atom. The van der Waals surface area contributed by atoms with Gasteiger partial charge < -0.3 is 15.1 Å². The van der Waals surface area contributed by atoms with Gasteiger partial charge in [0.2, 0.25) is 0 Å². The summed E-state index contributed by atoms with van der Waals surface area (Å²) in [4.78, 5) is 16.3. The van der Waals surface area contributed by atoms with E-state index in [2.05, 4.69) is 21.9 Å². The van der Waals surface area contributed by atoms with Crippen LogP contribution in [0.25, 0.3) is 10.8 Å². The lowest BCUT2D eigenvalue weighted by Gasteiger charge is -2.40. The summed E-state index contributed by atoms with van der Waals surface area (Å²) < 4.78 is 5.57. The van der Waals surface area contributed by atoms with Crippen LogP contribution in [0.3, 0.4) is 0 Å². The summed E-state index contributed by atoms with van der Waals surface area (Å²) in [6, 6.07) is 3.58. The molecule has 0 atom stereocenters. The van der Waals surface area contributed by atoms with Crippen molar-refractivity contribution >= 4 is 29.1 Å². The molecule has 1 saturated carbocycles. The highest BCUT2D eigenvalue weighted by molar-refractivity contribution is 8.00. The number of thiazole rings is 1. The fourth-order valence-electron chi connectivity index (χ4n) is 2.40. The normalized spacial score (nSPS) is 16.0. The Labute approximate surface area is 137 Å². The first kappa shape index (κ1) is 15.4. The molecular formula is C15H19N3O2S2.